The van der Waals surface area contributed by atoms with Crippen LogP contribution in [0.5, 0.6) is 0 Å². The molecule has 4 nitrogen and oxygen atoms in total. The van der Waals surface area contributed by atoms with Crippen LogP contribution in [0.3, 0.4) is 0 Å². The third-order valence-corrected chi connectivity index (χ3v) is 4.66. The molecule has 0 saturated carbocycles. The number of nitrogens with zero attached hydrogens (tertiary/aromatic N) is 2. The number of nitrogens with one attached hydrogen (secondary N) is 1. The van der Waals surface area contributed by atoms with Crippen molar-refractivity contribution in [2.75, 3.05) is 0 Å². The van der Waals surface area contributed by atoms with Gasteiger partial charge in [-0.25, -0.2) is 0 Å². The fraction of sp³-hybridized carbons (Fsp3) is 0.400. The number of halogens is 1. The van der Waals surface area contributed by atoms with E-state index in [1.807, 2.05) is 10.9 Å². The lowest BCUT2D eigenvalue weighted by Crippen LogP contribution is -2.38. The molecule has 1 heterocycles. The molecule has 0 aliphatic heterocycles. The van der Waals surface area contributed by atoms with Crippen molar-refractivity contribution in [1.82, 2.24) is 15.2 Å². The summed E-state index contributed by atoms with van der Waals surface area (Å²) in [7, 11) is 0. The zero-order chi connectivity index (χ0) is 14.3. The van der Waals surface area contributed by atoms with E-state index in [0.717, 1.165) is 16.6 Å². The molecule has 2 unspecified atom stereocenters. The zero-order valence-electron chi connectivity index (χ0n) is 11.7. The van der Waals surface area contributed by atoms with E-state index < -0.39 is 0 Å². The van der Waals surface area contributed by atoms with E-state index in [-0.39, 0.29) is 6.04 Å². The van der Waals surface area contributed by atoms with E-state index in [4.69, 9.17) is 5.84 Å². The van der Waals surface area contributed by atoms with Crippen molar-refractivity contribution in [3.63, 3.8) is 0 Å². The van der Waals surface area contributed by atoms with Crippen LogP contribution in [0.2, 0.25) is 0 Å². The lowest BCUT2D eigenvalue weighted by atomic mass is 9.73. The summed E-state index contributed by atoms with van der Waals surface area (Å²) in [5.41, 5.74) is 6.93. The first kappa shape index (κ1) is 13.8. The smallest absolute Gasteiger partial charge is 0.0718 e. The van der Waals surface area contributed by atoms with Crippen LogP contribution in [0.4, 0.5) is 0 Å². The van der Waals surface area contributed by atoms with Gasteiger partial charge in [0.2, 0.25) is 0 Å². The Bertz CT molecular complexity index is 620. The van der Waals surface area contributed by atoms with E-state index in [2.05, 4.69) is 64.6 Å². The molecule has 0 radical (unpaired) electrons. The van der Waals surface area contributed by atoms with Gasteiger partial charge in [-0.1, -0.05) is 24.3 Å². The molecule has 2 atom stereocenters. The van der Waals surface area contributed by atoms with Gasteiger partial charge >= 0.3 is 0 Å². The molecule has 2 aromatic rings. The number of hydrogen-bond donors (Lipinski definition) is 2. The Morgan fingerprint density at radius 3 is 2.80 bits per heavy atom. The van der Waals surface area contributed by atoms with E-state index in [1.54, 1.807) is 0 Å². The average Bonchev–Trinajstić information content (AvgIpc) is 2.78. The molecule has 3 rings (SSSR count). The summed E-state index contributed by atoms with van der Waals surface area (Å²) < 4.78 is 3.05. The van der Waals surface area contributed by atoms with Crippen molar-refractivity contribution < 1.29 is 0 Å². The molecule has 5 heteroatoms. The van der Waals surface area contributed by atoms with Gasteiger partial charge in [0, 0.05) is 12.0 Å². The molecule has 0 saturated heterocycles. The van der Waals surface area contributed by atoms with Gasteiger partial charge in [0.1, 0.15) is 0 Å². The van der Waals surface area contributed by atoms with Crippen molar-refractivity contribution in [3.8, 4) is 0 Å². The maximum Gasteiger partial charge on any atom is 0.0718 e. The maximum absolute atomic E-state index is 5.86. The van der Waals surface area contributed by atoms with Gasteiger partial charge in [-0.2, -0.15) is 5.10 Å². The van der Waals surface area contributed by atoms with E-state index in [9.17, 15) is 0 Å². The summed E-state index contributed by atoms with van der Waals surface area (Å²) in [6, 6.07) is 8.94. The Balaban J connectivity index is 1.99. The standard InChI is InChI=1S/C15H19BrN4/c1-9(2)20-15(13(16)8-18-20)14(19-17)12-7-10-5-3-4-6-11(10)12/h3-6,8-9,12,14,19H,7,17H2,1-2H3. The Kier molecular flexibility index (Phi) is 3.67. The Hall–Kier alpha value is -1.17. The molecule has 106 valence electrons. The summed E-state index contributed by atoms with van der Waals surface area (Å²) >= 11 is 3.61. The highest BCUT2D eigenvalue weighted by Crippen LogP contribution is 2.44. The van der Waals surface area contributed by atoms with Crippen LogP contribution in [0.25, 0.3) is 0 Å². The van der Waals surface area contributed by atoms with Crippen molar-refractivity contribution in [2.24, 2.45) is 5.84 Å². The van der Waals surface area contributed by atoms with Gasteiger partial charge in [-0.05, 0) is 47.3 Å². The lowest BCUT2D eigenvalue weighted by Gasteiger charge is -2.37. The minimum atomic E-state index is 0.0733. The molecule has 1 aliphatic rings. The number of hydrogen-bond acceptors (Lipinski definition) is 3. The van der Waals surface area contributed by atoms with Crippen LogP contribution in [-0.2, 0) is 6.42 Å². The van der Waals surface area contributed by atoms with Crippen LogP contribution in [-0.4, -0.2) is 9.78 Å². The fourth-order valence-electron chi connectivity index (χ4n) is 3.03. The number of nitrogens with two attached hydrogens (primary N) is 1. The van der Waals surface area contributed by atoms with Crippen LogP contribution < -0.4 is 11.3 Å². The van der Waals surface area contributed by atoms with Gasteiger partial charge in [0.15, 0.2) is 0 Å². The monoisotopic (exact) mass is 334 g/mol. The fourth-order valence-corrected chi connectivity index (χ4v) is 3.55. The van der Waals surface area contributed by atoms with Crippen molar-refractivity contribution in [2.45, 2.75) is 38.3 Å². The molecular weight excluding hydrogens is 316 g/mol. The first-order valence-corrected chi connectivity index (χ1v) is 7.69. The number of hydrazine groups is 1. The van der Waals surface area contributed by atoms with Crippen LogP contribution >= 0.6 is 15.9 Å². The second-order valence-corrected chi connectivity index (χ2v) is 6.42. The molecule has 20 heavy (non-hydrogen) atoms. The van der Waals surface area contributed by atoms with Crippen LogP contribution in [0.1, 0.15) is 48.7 Å². The number of aromatic nitrogens is 2. The molecule has 1 aromatic carbocycles. The third-order valence-electron chi connectivity index (χ3n) is 4.05. The van der Waals surface area contributed by atoms with Gasteiger partial charge < -0.3 is 0 Å². The molecule has 0 fully saturated rings. The van der Waals surface area contributed by atoms with Gasteiger partial charge in [0.25, 0.3) is 0 Å². The van der Waals surface area contributed by atoms with E-state index in [0.29, 0.717) is 12.0 Å². The normalized spacial score (nSPS) is 18.8. The SMILES string of the molecule is CC(C)n1ncc(Br)c1C(NN)C1Cc2ccccc21. The van der Waals surface area contributed by atoms with Crippen LogP contribution in [0.15, 0.2) is 34.9 Å². The van der Waals surface area contributed by atoms with Gasteiger partial charge in [-0.3, -0.25) is 16.0 Å². The van der Waals surface area contributed by atoms with E-state index >= 15 is 0 Å². The Labute approximate surface area is 127 Å². The predicted octanol–water partition coefficient (Wildman–Crippen LogP) is 3.07. The van der Waals surface area contributed by atoms with Gasteiger partial charge in [-0.15, -0.1) is 0 Å². The number of rotatable bonds is 4. The second-order valence-electron chi connectivity index (χ2n) is 5.57. The lowest BCUT2D eigenvalue weighted by molar-refractivity contribution is 0.376. The summed E-state index contributed by atoms with van der Waals surface area (Å²) in [6.45, 7) is 4.26. The first-order valence-electron chi connectivity index (χ1n) is 6.90. The van der Waals surface area contributed by atoms with E-state index in [1.165, 1.54) is 11.1 Å². The quantitative estimate of drug-likeness (QED) is 0.667. The summed E-state index contributed by atoms with van der Waals surface area (Å²) in [4.78, 5) is 0. The Morgan fingerprint density at radius 2 is 2.15 bits per heavy atom. The van der Waals surface area contributed by atoms with Crippen LogP contribution in [0, 0.1) is 0 Å². The van der Waals surface area contributed by atoms with Crippen molar-refractivity contribution in [1.29, 1.82) is 0 Å². The minimum Gasteiger partial charge on any atom is -0.271 e. The predicted molar refractivity (Wildman–Crippen MR) is 83.3 cm³/mol. The topological polar surface area (TPSA) is 55.9 Å². The third kappa shape index (κ3) is 2.10. The van der Waals surface area contributed by atoms with Gasteiger partial charge in [0.05, 0.1) is 22.4 Å². The maximum atomic E-state index is 5.86. The molecule has 1 aliphatic carbocycles. The van der Waals surface area contributed by atoms with Crippen molar-refractivity contribution >= 4 is 15.9 Å². The Morgan fingerprint density at radius 1 is 1.40 bits per heavy atom. The molecule has 0 amide bonds. The average molecular weight is 335 g/mol. The molecule has 0 spiro atoms. The largest absolute Gasteiger partial charge is 0.271 e. The summed E-state index contributed by atoms with van der Waals surface area (Å²) in [5.74, 6) is 6.26. The molecule has 3 N–H and O–H groups in total. The summed E-state index contributed by atoms with van der Waals surface area (Å²) in [6.07, 6.45) is 2.91. The van der Waals surface area contributed by atoms with Crippen molar-refractivity contribution in [3.05, 3.63) is 51.8 Å². The summed E-state index contributed by atoms with van der Waals surface area (Å²) in [5, 5.41) is 4.46. The highest BCUT2D eigenvalue weighted by molar-refractivity contribution is 9.10. The second kappa shape index (κ2) is 5.31. The number of benzene rings is 1. The molecular formula is C15H19BrN4. The minimum absolute atomic E-state index is 0.0733. The molecule has 1 aromatic heterocycles. The molecule has 0 bridgehead atoms. The highest BCUT2D eigenvalue weighted by Gasteiger charge is 2.36. The zero-order valence-corrected chi connectivity index (χ0v) is 13.3. The highest BCUT2D eigenvalue weighted by atomic mass is 79.9. The first-order chi connectivity index (χ1) is 9.63. The number of fused-ring (bicyclic) bond motifs is 1.